The van der Waals surface area contributed by atoms with E-state index in [9.17, 15) is 0 Å². The molecule has 0 radical (unpaired) electrons. The summed E-state index contributed by atoms with van der Waals surface area (Å²) in [6, 6.07) is 10.3. The van der Waals surface area contributed by atoms with E-state index in [1.807, 2.05) is 38.1 Å². The van der Waals surface area contributed by atoms with Gasteiger partial charge in [-0.2, -0.15) is 0 Å². The lowest BCUT2D eigenvalue weighted by Gasteiger charge is -2.05. The Morgan fingerprint density at radius 2 is 1.93 bits per heavy atom. The second-order valence-electron chi connectivity index (χ2n) is 3.28. The van der Waals surface area contributed by atoms with E-state index in [0.29, 0.717) is 0 Å². The minimum atomic E-state index is 0.853. The predicted molar refractivity (Wildman–Crippen MR) is 65.3 cm³/mol. The van der Waals surface area contributed by atoms with E-state index in [1.54, 1.807) is 0 Å². The van der Waals surface area contributed by atoms with Crippen molar-refractivity contribution in [1.29, 1.82) is 0 Å². The number of hydrogen-bond donors (Lipinski definition) is 1. The second-order valence-corrected chi connectivity index (χ2v) is 3.92. The van der Waals surface area contributed by atoms with Crippen LogP contribution in [0.4, 0.5) is 0 Å². The summed E-state index contributed by atoms with van der Waals surface area (Å²) in [6.45, 7) is 4.80. The SMILES string of the molecule is CC(=S)/C=C(/C)NCc1ccccc1. The maximum Gasteiger partial charge on any atom is 0.0397 e. The highest BCUT2D eigenvalue weighted by atomic mass is 32.1. The van der Waals surface area contributed by atoms with E-state index in [4.69, 9.17) is 12.2 Å². The Kier molecular flexibility index (Phi) is 4.33. The molecule has 0 aliphatic carbocycles. The summed E-state index contributed by atoms with van der Waals surface area (Å²) in [5, 5.41) is 3.30. The quantitative estimate of drug-likeness (QED) is 0.599. The van der Waals surface area contributed by atoms with E-state index in [2.05, 4.69) is 17.4 Å². The van der Waals surface area contributed by atoms with Crippen molar-refractivity contribution >= 4 is 17.1 Å². The average molecular weight is 205 g/mol. The maximum atomic E-state index is 4.99. The van der Waals surface area contributed by atoms with Crippen LogP contribution in [0.2, 0.25) is 0 Å². The van der Waals surface area contributed by atoms with Crippen LogP contribution in [0.25, 0.3) is 0 Å². The van der Waals surface area contributed by atoms with Crippen LogP contribution < -0.4 is 5.32 Å². The van der Waals surface area contributed by atoms with Crippen LogP contribution in [0.3, 0.4) is 0 Å². The van der Waals surface area contributed by atoms with E-state index in [1.165, 1.54) is 5.56 Å². The first kappa shape index (κ1) is 10.9. The second kappa shape index (κ2) is 5.55. The van der Waals surface area contributed by atoms with Crippen molar-refractivity contribution in [2.24, 2.45) is 0 Å². The van der Waals surface area contributed by atoms with Gasteiger partial charge in [-0.25, -0.2) is 0 Å². The lowest BCUT2D eigenvalue weighted by Crippen LogP contribution is -2.10. The van der Waals surface area contributed by atoms with E-state index in [-0.39, 0.29) is 0 Å². The molecule has 0 unspecified atom stereocenters. The standard InChI is InChI=1S/C12H15NS/c1-10(8-11(2)14)13-9-12-6-4-3-5-7-12/h3-8,13H,9H2,1-2H3/b10-8-. The molecule has 0 saturated carbocycles. The fourth-order valence-corrected chi connectivity index (χ4v) is 1.37. The van der Waals surface area contributed by atoms with Crippen LogP contribution in [0.15, 0.2) is 42.1 Å². The molecule has 1 N–H and O–H groups in total. The molecule has 14 heavy (non-hydrogen) atoms. The molecule has 0 aromatic heterocycles. The van der Waals surface area contributed by atoms with Gasteiger partial charge in [0.25, 0.3) is 0 Å². The van der Waals surface area contributed by atoms with Crippen LogP contribution in [0.5, 0.6) is 0 Å². The molecule has 74 valence electrons. The molecule has 1 aromatic rings. The maximum absolute atomic E-state index is 4.99. The van der Waals surface area contributed by atoms with Crippen molar-refractivity contribution in [3.05, 3.63) is 47.7 Å². The lowest BCUT2D eigenvalue weighted by atomic mass is 10.2. The van der Waals surface area contributed by atoms with Crippen LogP contribution in [0.1, 0.15) is 19.4 Å². The van der Waals surface area contributed by atoms with Gasteiger partial charge in [0, 0.05) is 17.1 Å². The topological polar surface area (TPSA) is 12.0 Å². The predicted octanol–water partition coefficient (Wildman–Crippen LogP) is 3.07. The average Bonchev–Trinajstić information content (AvgIpc) is 2.15. The summed E-state index contributed by atoms with van der Waals surface area (Å²) in [5.41, 5.74) is 2.39. The van der Waals surface area contributed by atoms with Crippen LogP contribution >= 0.6 is 12.2 Å². The Hall–Kier alpha value is -1.15. The van der Waals surface area contributed by atoms with Gasteiger partial charge in [-0.1, -0.05) is 42.5 Å². The largest absolute Gasteiger partial charge is 0.384 e. The van der Waals surface area contributed by atoms with Gasteiger partial charge in [0.15, 0.2) is 0 Å². The van der Waals surface area contributed by atoms with Gasteiger partial charge in [0.05, 0.1) is 0 Å². The highest BCUT2D eigenvalue weighted by Crippen LogP contribution is 1.99. The molecule has 0 spiro atoms. The molecule has 0 saturated heterocycles. The third-order valence-electron chi connectivity index (χ3n) is 1.83. The molecule has 2 heteroatoms. The third kappa shape index (κ3) is 4.19. The molecule has 0 heterocycles. The first-order chi connectivity index (χ1) is 6.68. The van der Waals surface area contributed by atoms with Crippen LogP contribution in [-0.4, -0.2) is 4.86 Å². The molecule has 1 aromatic carbocycles. The van der Waals surface area contributed by atoms with Gasteiger partial charge in [-0.3, -0.25) is 0 Å². The lowest BCUT2D eigenvalue weighted by molar-refractivity contribution is 0.813. The summed E-state index contributed by atoms with van der Waals surface area (Å²) in [5.74, 6) is 0. The van der Waals surface area contributed by atoms with Gasteiger partial charge in [-0.15, -0.1) is 0 Å². The number of rotatable bonds is 4. The van der Waals surface area contributed by atoms with Crippen molar-refractivity contribution in [3.8, 4) is 0 Å². The summed E-state index contributed by atoms with van der Waals surface area (Å²) in [7, 11) is 0. The van der Waals surface area contributed by atoms with Gasteiger partial charge >= 0.3 is 0 Å². The highest BCUT2D eigenvalue weighted by molar-refractivity contribution is 7.80. The monoisotopic (exact) mass is 205 g/mol. The number of thiocarbonyl (C=S) groups is 1. The Morgan fingerprint density at radius 1 is 1.29 bits per heavy atom. The summed E-state index contributed by atoms with van der Waals surface area (Å²) < 4.78 is 0. The molecule has 0 atom stereocenters. The van der Waals surface area contributed by atoms with Gasteiger partial charge in [0.2, 0.25) is 0 Å². The minimum Gasteiger partial charge on any atom is -0.384 e. The summed E-state index contributed by atoms with van der Waals surface area (Å²) in [4.78, 5) is 0.906. The molecule has 0 aliphatic rings. The summed E-state index contributed by atoms with van der Waals surface area (Å²) in [6.07, 6.45) is 1.97. The summed E-state index contributed by atoms with van der Waals surface area (Å²) >= 11 is 4.99. The third-order valence-corrected chi connectivity index (χ3v) is 1.95. The smallest absolute Gasteiger partial charge is 0.0397 e. The van der Waals surface area contributed by atoms with Crippen molar-refractivity contribution < 1.29 is 0 Å². The first-order valence-corrected chi connectivity index (χ1v) is 5.06. The first-order valence-electron chi connectivity index (χ1n) is 4.65. The molecule has 0 amide bonds. The van der Waals surface area contributed by atoms with E-state index in [0.717, 1.165) is 17.1 Å². The molecule has 1 nitrogen and oxygen atoms in total. The Bertz CT molecular complexity index is 327. The van der Waals surface area contributed by atoms with Crippen molar-refractivity contribution in [2.75, 3.05) is 0 Å². The van der Waals surface area contributed by atoms with Crippen molar-refractivity contribution in [3.63, 3.8) is 0 Å². The fraction of sp³-hybridized carbons (Fsp3) is 0.250. The molecule has 0 fully saturated rings. The fourth-order valence-electron chi connectivity index (χ4n) is 1.19. The number of nitrogens with one attached hydrogen (secondary N) is 1. The zero-order chi connectivity index (χ0) is 10.4. The van der Waals surface area contributed by atoms with Crippen LogP contribution in [-0.2, 0) is 6.54 Å². The van der Waals surface area contributed by atoms with Crippen LogP contribution in [0, 0.1) is 0 Å². The van der Waals surface area contributed by atoms with Gasteiger partial charge < -0.3 is 5.32 Å². The zero-order valence-electron chi connectivity index (χ0n) is 8.58. The molecular formula is C12H15NS. The number of allylic oxidation sites excluding steroid dienone is 2. The molecular weight excluding hydrogens is 190 g/mol. The normalized spacial score (nSPS) is 11.1. The van der Waals surface area contributed by atoms with E-state index >= 15 is 0 Å². The van der Waals surface area contributed by atoms with E-state index < -0.39 is 0 Å². The molecule has 0 aliphatic heterocycles. The van der Waals surface area contributed by atoms with Crippen molar-refractivity contribution in [2.45, 2.75) is 20.4 Å². The molecule has 1 rings (SSSR count). The number of benzene rings is 1. The minimum absolute atomic E-state index is 0.853. The van der Waals surface area contributed by atoms with Crippen molar-refractivity contribution in [1.82, 2.24) is 5.32 Å². The molecule has 0 bridgehead atoms. The highest BCUT2D eigenvalue weighted by Gasteiger charge is 1.91. The van der Waals surface area contributed by atoms with Gasteiger partial charge in [-0.05, 0) is 25.5 Å². The Balaban J connectivity index is 2.45. The van der Waals surface area contributed by atoms with Gasteiger partial charge in [0.1, 0.15) is 0 Å². The Labute approximate surface area is 90.8 Å². The Morgan fingerprint density at radius 3 is 2.50 bits per heavy atom. The number of hydrogen-bond acceptors (Lipinski definition) is 2. The zero-order valence-corrected chi connectivity index (χ0v) is 9.40.